The molecule has 0 aliphatic carbocycles. The summed E-state index contributed by atoms with van der Waals surface area (Å²) < 4.78 is 5.19. The molecule has 0 aromatic heterocycles. The number of aliphatic hydroxyl groups excluding tert-OH is 1. The highest BCUT2D eigenvalue weighted by Gasteiger charge is 2.43. The molecule has 1 aliphatic heterocycles. The van der Waals surface area contributed by atoms with Gasteiger partial charge in [-0.3, -0.25) is 4.79 Å². The summed E-state index contributed by atoms with van der Waals surface area (Å²) in [6, 6.07) is 19.9. The third kappa shape index (κ3) is 2.69. The number of benzene rings is 2. The standard InChI is InChI=1S/C18H18O3/c19-11-15-12-21-18(20)17(15)16(13-7-3-1-4-8-13)14-9-5-2-6-10-14/h1-10,15-17,19H,11-12H2/t15-,17-/m1/s1. The van der Waals surface area contributed by atoms with Crippen LogP contribution in [0.4, 0.5) is 0 Å². The molecule has 1 saturated heterocycles. The summed E-state index contributed by atoms with van der Waals surface area (Å²) in [5.41, 5.74) is 2.15. The summed E-state index contributed by atoms with van der Waals surface area (Å²) in [6.45, 7) is 0.267. The minimum atomic E-state index is -0.334. The zero-order valence-corrected chi connectivity index (χ0v) is 11.7. The highest BCUT2D eigenvalue weighted by Crippen LogP contribution is 2.40. The van der Waals surface area contributed by atoms with Crippen molar-refractivity contribution >= 4 is 5.97 Å². The van der Waals surface area contributed by atoms with Gasteiger partial charge in [-0.05, 0) is 11.1 Å². The van der Waals surface area contributed by atoms with Crippen LogP contribution in [0.2, 0.25) is 0 Å². The SMILES string of the molecule is O=C1OC[C@@H](CO)[C@@H]1C(c1ccccc1)c1ccccc1. The fraction of sp³-hybridized carbons (Fsp3) is 0.278. The second kappa shape index (κ2) is 6.10. The number of rotatable bonds is 4. The van der Waals surface area contributed by atoms with Crippen LogP contribution >= 0.6 is 0 Å². The average Bonchev–Trinajstić information content (AvgIpc) is 2.91. The lowest BCUT2D eigenvalue weighted by Crippen LogP contribution is -2.27. The number of hydrogen-bond donors (Lipinski definition) is 1. The Morgan fingerprint density at radius 3 is 2.00 bits per heavy atom. The van der Waals surface area contributed by atoms with Crippen molar-refractivity contribution in [2.24, 2.45) is 11.8 Å². The van der Waals surface area contributed by atoms with Crippen LogP contribution in [0.5, 0.6) is 0 Å². The van der Waals surface area contributed by atoms with E-state index in [1.165, 1.54) is 0 Å². The van der Waals surface area contributed by atoms with Gasteiger partial charge in [-0.2, -0.15) is 0 Å². The quantitative estimate of drug-likeness (QED) is 0.877. The maximum atomic E-state index is 12.2. The molecule has 3 rings (SSSR count). The molecular weight excluding hydrogens is 264 g/mol. The van der Waals surface area contributed by atoms with Crippen molar-refractivity contribution in [2.45, 2.75) is 5.92 Å². The van der Waals surface area contributed by atoms with E-state index in [-0.39, 0.29) is 30.3 Å². The Morgan fingerprint density at radius 2 is 1.52 bits per heavy atom. The van der Waals surface area contributed by atoms with Crippen LogP contribution in [0.25, 0.3) is 0 Å². The fourth-order valence-corrected chi connectivity index (χ4v) is 3.08. The summed E-state index contributed by atoms with van der Waals surface area (Å²) in [7, 11) is 0. The Balaban J connectivity index is 2.06. The minimum Gasteiger partial charge on any atom is -0.465 e. The molecule has 2 aromatic carbocycles. The van der Waals surface area contributed by atoms with Gasteiger partial charge in [0.05, 0.1) is 19.1 Å². The Bertz CT molecular complexity index is 555. The molecule has 3 nitrogen and oxygen atoms in total. The van der Waals surface area contributed by atoms with Crippen molar-refractivity contribution in [1.82, 2.24) is 0 Å². The van der Waals surface area contributed by atoms with E-state index >= 15 is 0 Å². The average molecular weight is 282 g/mol. The highest BCUT2D eigenvalue weighted by atomic mass is 16.5. The normalized spacial score (nSPS) is 21.5. The number of ether oxygens (including phenoxy) is 1. The van der Waals surface area contributed by atoms with Gasteiger partial charge in [0.25, 0.3) is 0 Å². The molecule has 1 aliphatic rings. The topological polar surface area (TPSA) is 46.5 Å². The van der Waals surface area contributed by atoms with Crippen LogP contribution in [-0.4, -0.2) is 24.3 Å². The van der Waals surface area contributed by atoms with Crippen LogP contribution in [0, 0.1) is 11.8 Å². The molecule has 3 heteroatoms. The van der Waals surface area contributed by atoms with Gasteiger partial charge in [0.1, 0.15) is 0 Å². The molecule has 0 spiro atoms. The molecule has 21 heavy (non-hydrogen) atoms. The van der Waals surface area contributed by atoms with Gasteiger partial charge in [-0.25, -0.2) is 0 Å². The van der Waals surface area contributed by atoms with Crippen molar-refractivity contribution in [2.75, 3.05) is 13.2 Å². The second-order valence-corrected chi connectivity index (χ2v) is 5.40. The Morgan fingerprint density at radius 1 is 1.00 bits per heavy atom. The molecule has 0 radical (unpaired) electrons. The van der Waals surface area contributed by atoms with E-state index in [1.807, 2.05) is 60.7 Å². The van der Waals surface area contributed by atoms with Crippen molar-refractivity contribution < 1.29 is 14.6 Å². The van der Waals surface area contributed by atoms with Crippen LogP contribution in [0.1, 0.15) is 17.0 Å². The summed E-state index contributed by atoms with van der Waals surface area (Å²) in [4.78, 5) is 12.2. The third-order valence-corrected chi connectivity index (χ3v) is 4.13. The number of aliphatic hydroxyl groups is 1. The van der Waals surface area contributed by atoms with Crippen molar-refractivity contribution in [3.8, 4) is 0 Å². The van der Waals surface area contributed by atoms with Gasteiger partial charge in [0.15, 0.2) is 0 Å². The predicted octanol–water partition coefficient (Wildman–Crippen LogP) is 2.60. The van der Waals surface area contributed by atoms with Crippen molar-refractivity contribution in [3.63, 3.8) is 0 Å². The summed E-state index contributed by atoms with van der Waals surface area (Å²) in [5.74, 6) is -0.783. The van der Waals surface area contributed by atoms with E-state index in [0.717, 1.165) is 11.1 Å². The number of cyclic esters (lactones) is 1. The number of carbonyl (C=O) groups is 1. The largest absolute Gasteiger partial charge is 0.465 e. The van der Waals surface area contributed by atoms with Crippen LogP contribution in [0.15, 0.2) is 60.7 Å². The van der Waals surface area contributed by atoms with Crippen LogP contribution < -0.4 is 0 Å². The lowest BCUT2D eigenvalue weighted by molar-refractivity contribution is -0.141. The number of carbonyl (C=O) groups excluding carboxylic acids is 1. The molecule has 0 saturated carbocycles. The maximum Gasteiger partial charge on any atom is 0.310 e. The molecule has 2 atom stereocenters. The fourth-order valence-electron chi connectivity index (χ4n) is 3.08. The monoisotopic (exact) mass is 282 g/mol. The highest BCUT2D eigenvalue weighted by molar-refractivity contribution is 5.77. The molecule has 1 heterocycles. The molecule has 2 aromatic rings. The molecule has 1 N–H and O–H groups in total. The second-order valence-electron chi connectivity index (χ2n) is 5.40. The Hall–Kier alpha value is -2.13. The smallest absolute Gasteiger partial charge is 0.310 e. The maximum absolute atomic E-state index is 12.2. The molecule has 1 fully saturated rings. The lowest BCUT2D eigenvalue weighted by Gasteiger charge is -2.25. The zero-order valence-electron chi connectivity index (χ0n) is 11.7. The van der Waals surface area contributed by atoms with E-state index in [4.69, 9.17) is 4.74 Å². The van der Waals surface area contributed by atoms with Crippen LogP contribution in [0.3, 0.4) is 0 Å². The van der Waals surface area contributed by atoms with Crippen LogP contribution in [-0.2, 0) is 9.53 Å². The van der Waals surface area contributed by atoms with E-state index in [2.05, 4.69) is 0 Å². The Labute approximate surface area is 124 Å². The van der Waals surface area contributed by atoms with Gasteiger partial charge in [-0.1, -0.05) is 60.7 Å². The van der Waals surface area contributed by atoms with Gasteiger partial charge in [0.2, 0.25) is 0 Å². The van der Waals surface area contributed by atoms with Crippen molar-refractivity contribution in [1.29, 1.82) is 0 Å². The van der Waals surface area contributed by atoms with Gasteiger partial charge in [-0.15, -0.1) is 0 Å². The van der Waals surface area contributed by atoms with E-state index in [0.29, 0.717) is 6.61 Å². The molecule has 0 amide bonds. The lowest BCUT2D eigenvalue weighted by atomic mass is 9.76. The first-order chi connectivity index (χ1) is 10.3. The first kappa shape index (κ1) is 13.8. The minimum absolute atomic E-state index is 0.0351. The summed E-state index contributed by atoms with van der Waals surface area (Å²) >= 11 is 0. The van der Waals surface area contributed by atoms with Gasteiger partial charge in [0, 0.05) is 11.8 Å². The first-order valence-electron chi connectivity index (χ1n) is 7.18. The van der Waals surface area contributed by atoms with Crippen molar-refractivity contribution in [3.05, 3.63) is 71.8 Å². The number of esters is 1. The van der Waals surface area contributed by atoms with Gasteiger partial charge >= 0.3 is 5.97 Å². The molecule has 0 unspecified atom stereocenters. The molecule has 108 valence electrons. The van der Waals surface area contributed by atoms with E-state index in [1.54, 1.807) is 0 Å². The number of hydrogen-bond acceptors (Lipinski definition) is 3. The molecule has 0 bridgehead atoms. The Kier molecular flexibility index (Phi) is 4.02. The third-order valence-electron chi connectivity index (χ3n) is 4.13. The first-order valence-corrected chi connectivity index (χ1v) is 7.18. The predicted molar refractivity (Wildman–Crippen MR) is 79.8 cm³/mol. The van der Waals surface area contributed by atoms with Gasteiger partial charge < -0.3 is 9.84 Å². The molecular formula is C18H18O3. The summed E-state index contributed by atoms with van der Waals surface area (Å²) in [5, 5.41) is 9.56. The van der Waals surface area contributed by atoms with E-state index in [9.17, 15) is 9.90 Å². The summed E-state index contributed by atoms with van der Waals surface area (Å²) in [6.07, 6.45) is 0. The zero-order chi connectivity index (χ0) is 14.7. The van der Waals surface area contributed by atoms with E-state index < -0.39 is 0 Å².